The number of fused-ring (bicyclic) bond motifs is 1. The van der Waals surface area contributed by atoms with Crippen molar-refractivity contribution < 1.29 is 9.53 Å². The van der Waals surface area contributed by atoms with Crippen molar-refractivity contribution in [3.05, 3.63) is 72.3 Å². The van der Waals surface area contributed by atoms with Gasteiger partial charge in [0.2, 0.25) is 0 Å². The number of benzene rings is 3. The smallest absolute Gasteiger partial charge is 0.264 e. The summed E-state index contributed by atoms with van der Waals surface area (Å²) in [6, 6.07) is 21.8. The van der Waals surface area contributed by atoms with Crippen molar-refractivity contribution in [2.75, 3.05) is 18.6 Å². The molecule has 3 heteroatoms. The molecule has 0 aromatic heterocycles. The third kappa shape index (κ3) is 3.51. The van der Waals surface area contributed by atoms with Crippen molar-refractivity contribution in [1.29, 1.82) is 0 Å². The molecule has 0 aliphatic heterocycles. The van der Waals surface area contributed by atoms with Gasteiger partial charge in [-0.25, -0.2) is 0 Å². The Balaban J connectivity index is 1.70. The highest BCUT2D eigenvalue weighted by Crippen LogP contribution is 2.21. The molecule has 0 saturated heterocycles. The Morgan fingerprint density at radius 2 is 1.74 bits per heavy atom. The van der Waals surface area contributed by atoms with Crippen LogP contribution in [0.4, 0.5) is 5.69 Å². The molecule has 0 N–H and O–H groups in total. The molecular weight excluding hydrogens is 286 g/mol. The maximum absolute atomic E-state index is 12.3. The van der Waals surface area contributed by atoms with E-state index in [1.54, 1.807) is 11.9 Å². The normalized spacial score (nSPS) is 10.5. The molecule has 0 unspecified atom stereocenters. The number of ether oxygens (including phenoxy) is 1. The molecule has 0 radical (unpaired) electrons. The molecule has 0 heterocycles. The summed E-state index contributed by atoms with van der Waals surface area (Å²) < 4.78 is 5.59. The van der Waals surface area contributed by atoms with Crippen LogP contribution in [-0.4, -0.2) is 19.6 Å². The van der Waals surface area contributed by atoms with Crippen LogP contribution >= 0.6 is 0 Å². The summed E-state index contributed by atoms with van der Waals surface area (Å²) in [6.45, 7) is 2.02. The molecular formula is C20H19NO2. The van der Waals surface area contributed by atoms with Gasteiger partial charge in [-0.3, -0.25) is 4.79 Å². The van der Waals surface area contributed by atoms with E-state index in [0.717, 1.165) is 22.0 Å². The van der Waals surface area contributed by atoms with E-state index in [1.807, 2.05) is 67.6 Å². The van der Waals surface area contributed by atoms with E-state index in [0.29, 0.717) is 5.75 Å². The highest BCUT2D eigenvalue weighted by atomic mass is 16.5. The predicted molar refractivity (Wildman–Crippen MR) is 94.0 cm³/mol. The van der Waals surface area contributed by atoms with Crippen LogP contribution in [-0.2, 0) is 4.79 Å². The van der Waals surface area contributed by atoms with Crippen molar-refractivity contribution in [2.45, 2.75) is 6.92 Å². The van der Waals surface area contributed by atoms with Gasteiger partial charge < -0.3 is 9.64 Å². The van der Waals surface area contributed by atoms with E-state index >= 15 is 0 Å². The van der Waals surface area contributed by atoms with Crippen LogP contribution in [0.25, 0.3) is 10.8 Å². The quantitative estimate of drug-likeness (QED) is 0.723. The number of nitrogens with zero attached hydrogens (tertiary/aromatic N) is 1. The fourth-order valence-electron chi connectivity index (χ4n) is 2.48. The fourth-order valence-corrected chi connectivity index (χ4v) is 2.48. The molecule has 0 bridgehead atoms. The van der Waals surface area contributed by atoms with Gasteiger partial charge in [-0.05, 0) is 47.5 Å². The summed E-state index contributed by atoms with van der Waals surface area (Å²) in [7, 11) is 1.77. The second-order valence-electron chi connectivity index (χ2n) is 5.59. The lowest BCUT2D eigenvalue weighted by Crippen LogP contribution is -2.31. The SMILES string of the molecule is Cc1cccc(OCC(=O)N(C)c2ccc3ccccc3c2)c1. The molecule has 0 aliphatic rings. The maximum Gasteiger partial charge on any atom is 0.264 e. The van der Waals surface area contributed by atoms with Crippen LogP contribution in [0.3, 0.4) is 0 Å². The van der Waals surface area contributed by atoms with E-state index < -0.39 is 0 Å². The van der Waals surface area contributed by atoms with Gasteiger partial charge in [0.05, 0.1) is 0 Å². The molecule has 116 valence electrons. The van der Waals surface area contributed by atoms with Gasteiger partial charge in [0.1, 0.15) is 5.75 Å². The highest BCUT2D eigenvalue weighted by molar-refractivity contribution is 5.96. The Morgan fingerprint density at radius 1 is 0.957 bits per heavy atom. The van der Waals surface area contributed by atoms with E-state index in [4.69, 9.17) is 4.74 Å². The molecule has 3 nitrogen and oxygen atoms in total. The zero-order chi connectivity index (χ0) is 16.2. The van der Waals surface area contributed by atoms with Gasteiger partial charge in [0, 0.05) is 12.7 Å². The third-order valence-electron chi connectivity index (χ3n) is 3.85. The van der Waals surface area contributed by atoms with Crippen molar-refractivity contribution >= 4 is 22.4 Å². The number of aryl methyl sites for hydroxylation is 1. The van der Waals surface area contributed by atoms with Gasteiger partial charge in [0.15, 0.2) is 6.61 Å². The number of anilines is 1. The van der Waals surface area contributed by atoms with E-state index in [1.165, 1.54) is 0 Å². The molecule has 0 spiro atoms. The standard InChI is InChI=1S/C20H19NO2/c1-15-6-5-9-19(12-15)23-14-20(22)21(2)18-11-10-16-7-3-4-8-17(16)13-18/h3-13H,14H2,1-2H3. The molecule has 3 rings (SSSR count). The molecule has 1 amide bonds. The van der Waals surface area contributed by atoms with Crippen LogP contribution in [0, 0.1) is 6.92 Å². The van der Waals surface area contributed by atoms with E-state index in [9.17, 15) is 4.79 Å². The third-order valence-corrected chi connectivity index (χ3v) is 3.85. The number of hydrogen-bond acceptors (Lipinski definition) is 2. The van der Waals surface area contributed by atoms with Crippen LogP contribution in [0.5, 0.6) is 5.75 Å². The Kier molecular flexibility index (Phi) is 4.29. The van der Waals surface area contributed by atoms with Crippen molar-refractivity contribution in [3.8, 4) is 5.75 Å². The minimum absolute atomic E-state index is 0.0206. The topological polar surface area (TPSA) is 29.5 Å². The second-order valence-corrected chi connectivity index (χ2v) is 5.59. The lowest BCUT2D eigenvalue weighted by molar-refractivity contribution is -0.120. The number of rotatable bonds is 4. The molecule has 0 atom stereocenters. The first kappa shape index (κ1) is 15.1. The summed E-state index contributed by atoms with van der Waals surface area (Å²) in [6.07, 6.45) is 0. The largest absolute Gasteiger partial charge is 0.484 e. The lowest BCUT2D eigenvalue weighted by atomic mass is 10.1. The summed E-state index contributed by atoms with van der Waals surface area (Å²) in [5.74, 6) is 0.632. The minimum Gasteiger partial charge on any atom is -0.484 e. The fraction of sp³-hybridized carbons (Fsp3) is 0.150. The summed E-state index contributed by atoms with van der Waals surface area (Å²) in [4.78, 5) is 14.0. The zero-order valence-electron chi connectivity index (χ0n) is 13.3. The minimum atomic E-state index is -0.0817. The van der Waals surface area contributed by atoms with Crippen molar-refractivity contribution in [3.63, 3.8) is 0 Å². The van der Waals surface area contributed by atoms with E-state index in [-0.39, 0.29) is 12.5 Å². The summed E-state index contributed by atoms with van der Waals surface area (Å²) in [5, 5.41) is 2.28. The number of carbonyl (C=O) groups is 1. The van der Waals surface area contributed by atoms with Crippen LogP contribution < -0.4 is 9.64 Å². The van der Waals surface area contributed by atoms with Gasteiger partial charge >= 0.3 is 0 Å². The first-order valence-corrected chi connectivity index (χ1v) is 7.58. The average Bonchev–Trinajstić information content (AvgIpc) is 2.58. The molecule has 3 aromatic rings. The Hall–Kier alpha value is -2.81. The molecule has 3 aromatic carbocycles. The molecule has 0 saturated carbocycles. The Labute approximate surface area is 136 Å². The number of hydrogen-bond donors (Lipinski definition) is 0. The van der Waals surface area contributed by atoms with Crippen molar-refractivity contribution in [1.82, 2.24) is 0 Å². The molecule has 23 heavy (non-hydrogen) atoms. The van der Waals surface area contributed by atoms with Crippen LogP contribution in [0.1, 0.15) is 5.56 Å². The van der Waals surface area contributed by atoms with Crippen LogP contribution in [0.2, 0.25) is 0 Å². The monoisotopic (exact) mass is 305 g/mol. The molecule has 0 fully saturated rings. The van der Waals surface area contributed by atoms with Gasteiger partial charge in [0.25, 0.3) is 5.91 Å². The predicted octanol–water partition coefficient (Wildman–Crippen LogP) is 4.19. The first-order valence-electron chi connectivity index (χ1n) is 7.58. The summed E-state index contributed by atoms with van der Waals surface area (Å²) in [5.41, 5.74) is 1.97. The molecule has 0 aliphatic carbocycles. The van der Waals surface area contributed by atoms with Crippen LogP contribution in [0.15, 0.2) is 66.7 Å². The average molecular weight is 305 g/mol. The highest BCUT2D eigenvalue weighted by Gasteiger charge is 2.12. The number of carbonyl (C=O) groups excluding carboxylic acids is 1. The lowest BCUT2D eigenvalue weighted by Gasteiger charge is -2.18. The summed E-state index contributed by atoms with van der Waals surface area (Å²) >= 11 is 0. The van der Waals surface area contributed by atoms with Gasteiger partial charge in [-0.15, -0.1) is 0 Å². The van der Waals surface area contributed by atoms with Crippen molar-refractivity contribution in [2.24, 2.45) is 0 Å². The number of amides is 1. The van der Waals surface area contributed by atoms with Gasteiger partial charge in [-0.2, -0.15) is 0 Å². The second kappa shape index (κ2) is 6.53. The Morgan fingerprint density at radius 3 is 2.52 bits per heavy atom. The maximum atomic E-state index is 12.3. The first-order chi connectivity index (χ1) is 11.1. The van der Waals surface area contributed by atoms with E-state index in [2.05, 4.69) is 6.07 Å². The Bertz CT molecular complexity index is 842. The zero-order valence-corrected chi connectivity index (χ0v) is 13.3. The van der Waals surface area contributed by atoms with Gasteiger partial charge in [-0.1, -0.05) is 42.5 Å². The number of likely N-dealkylation sites (N-methyl/N-ethyl adjacent to an activating group) is 1.